The highest BCUT2D eigenvalue weighted by Gasteiger charge is 2.46. The minimum absolute atomic E-state index is 0.0169. The van der Waals surface area contributed by atoms with Crippen LogP contribution in [0.2, 0.25) is 0 Å². The Bertz CT molecular complexity index is 1570. The molecule has 1 unspecified atom stereocenters. The Kier molecular flexibility index (Phi) is 6.19. The maximum atomic E-state index is 13.4. The molecule has 1 fully saturated rings. The number of carbonyl (C=O) groups is 3. The molecule has 1 saturated heterocycles. The highest BCUT2D eigenvalue weighted by atomic mass is 16.5. The second kappa shape index (κ2) is 9.62. The van der Waals surface area contributed by atoms with E-state index < -0.39 is 23.7 Å². The standard InChI is InChI=1S/C30H23NO6/c1-37-22-9-4-8-21(16-22)26-25(27(32)24-11-5-7-19-6-2-3-10-23(19)24)28(33)29(34)31(26)17-18-12-14-20(15-13-18)30(35)36/h2-16,26,32H,17H2,1H3,(H,35,36)/b27-25-. The molecule has 4 aromatic rings. The molecule has 1 aliphatic rings. The number of aromatic carboxylic acids is 1. The number of benzene rings is 4. The highest BCUT2D eigenvalue weighted by molar-refractivity contribution is 6.46. The van der Waals surface area contributed by atoms with E-state index in [0.29, 0.717) is 22.4 Å². The summed E-state index contributed by atoms with van der Waals surface area (Å²) < 4.78 is 5.37. The lowest BCUT2D eigenvalue weighted by Gasteiger charge is -2.26. The van der Waals surface area contributed by atoms with Crippen molar-refractivity contribution in [2.24, 2.45) is 0 Å². The molecule has 2 N–H and O–H groups in total. The molecular weight excluding hydrogens is 470 g/mol. The van der Waals surface area contributed by atoms with E-state index in [9.17, 15) is 24.6 Å². The number of nitrogens with zero attached hydrogens (tertiary/aromatic N) is 1. The van der Waals surface area contributed by atoms with Crippen LogP contribution < -0.4 is 4.74 Å². The van der Waals surface area contributed by atoms with Crippen molar-refractivity contribution in [1.29, 1.82) is 0 Å². The van der Waals surface area contributed by atoms with Gasteiger partial charge < -0.3 is 19.8 Å². The van der Waals surface area contributed by atoms with Crippen molar-refractivity contribution in [3.8, 4) is 5.75 Å². The first-order valence-corrected chi connectivity index (χ1v) is 11.6. The Morgan fingerprint density at radius 1 is 0.892 bits per heavy atom. The Morgan fingerprint density at radius 3 is 2.32 bits per heavy atom. The average molecular weight is 494 g/mol. The smallest absolute Gasteiger partial charge is 0.335 e. The lowest BCUT2D eigenvalue weighted by molar-refractivity contribution is -0.140. The van der Waals surface area contributed by atoms with Crippen LogP contribution in [0.4, 0.5) is 0 Å². The van der Waals surface area contributed by atoms with Crippen molar-refractivity contribution in [3.63, 3.8) is 0 Å². The molecule has 7 heteroatoms. The molecule has 0 aromatic heterocycles. The number of ketones is 1. The summed E-state index contributed by atoms with van der Waals surface area (Å²) in [5.41, 5.74) is 1.80. The molecule has 7 nitrogen and oxygen atoms in total. The number of aliphatic hydroxyl groups excluding tert-OH is 1. The third-order valence-electron chi connectivity index (χ3n) is 6.55. The van der Waals surface area contributed by atoms with Crippen LogP contribution in [0.15, 0.2) is 96.6 Å². The number of amides is 1. The Labute approximate surface area is 212 Å². The molecule has 0 radical (unpaired) electrons. The minimum atomic E-state index is -1.06. The number of Topliss-reactive ketones (excluding diaryl/α,β-unsaturated/α-hetero) is 1. The van der Waals surface area contributed by atoms with Crippen LogP contribution in [0.1, 0.15) is 33.1 Å². The van der Waals surface area contributed by atoms with E-state index in [1.165, 1.54) is 24.1 Å². The SMILES string of the molecule is COc1cccc(C2/C(=C(/O)c3cccc4ccccc34)C(=O)C(=O)N2Cc2ccc(C(=O)O)cc2)c1. The lowest BCUT2D eigenvalue weighted by Crippen LogP contribution is -2.29. The number of ether oxygens (including phenoxy) is 1. The first-order chi connectivity index (χ1) is 17.9. The van der Waals surface area contributed by atoms with Gasteiger partial charge in [-0.1, -0.05) is 66.7 Å². The molecule has 37 heavy (non-hydrogen) atoms. The average Bonchev–Trinajstić information content (AvgIpc) is 3.17. The van der Waals surface area contributed by atoms with Crippen LogP contribution in [0.5, 0.6) is 5.75 Å². The summed E-state index contributed by atoms with van der Waals surface area (Å²) in [5.74, 6) is -2.32. The molecule has 0 saturated carbocycles. The number of likely N-dealkylation sites (tertiary alicyclic amines) is 1. The molecule has 0 spiro atoms. The third-order valence-corrected chi connectivity index (χ3v) is 6.55. The molecule has 4 aromatic carbocycles. The summed E-state index contributed by atoms with van der Waals surface area (Å²) in [7, 11) is 1.52. The highest BCUT2D eigenvalue weighted by Crippen LogP contribution is 2.42. The number of carboxylic acids is 1. The van der Waals surface area contributed by atoms with E-state index in [0.717, 1.165) is 10.8 Å². The van der Waals surface area contributed by atoms with Gasteiger partial charge in [0, 0.05) is 12.1 Å². The van der Waals surface area contributed by atoms with Gasteiger partial charge >= 0.3 is 5.97 Å². The van der Waals surface area contributed by atoms with Gasteiger partial charge in [0.25, 0.3) is 11.7 Å². The fourth-order valence-corrected chi connectivity index (χ4v) is 4.73. The zero-order valence-corrected chi connectivity index (χ0v) is 19.9. The zero-order valence-electron chi connectivity index (χ0n) is 19.9. The van der Waals surface area contributed by atoms with Crippen LogP contribution in [-0.4, -0.2) is 39.9 Å². The summed E-state index contributed by atoms with van der Waals surface area (Å²) >= 11 is 0. The summed E-state index contributed by atoms with van der Waals surface area (Å²) in [6, 6.07) is 25.2. The van der Waals surface area contributed by atoms with Crippen molar-refractivity contribution in [3.05, 3.63) is 119 Å². The number of methoxy groups -OCH3 is 1. The van der Waals surface area contributed by atoms with Crippen molar-refractivity contribution >= 4 is 34.2 Å². The normalized spacial score (nSPS) is 16.8. The minimum Gasteiger partial charge on any atom is -0.507 e. The molecule has 1 atom stereocenters. The van der Waals surface area contributed by atoms with Gasteiger partial charge in [0.05, 0.1) is 24.3 Å². The topological polar surface area (TPSA) is 104 Å². The van der Waals surface area contributed by atoms with E-state index in [-0.39, 0.29) is 23.4 Å². The van der Waals surface area contributed by atoms with Crippen LogP contribution >= 0.6 is 0 Å². The summed E-state index contributed by atoms with van der Waals surface area (Å²) in [6.07, 6.45) is 0. The maximum absolute atomic E-state index is 13.4. The van der Waals surface area contributed by atoms with Crippen molar-refractivity contribution in [2.45, 2.75) is 12.6 Å². The van der Waals surface area contributed by atoms with Gasteiger partial charge in [0.2, 0.25) is 0 Å². The lowest BCUT2D eigenvalue weighted by atomic mass is 9.93. The van der Waals surface area contributed by atoms with Gasteiger partial charge in [-0.2, -0.15) is 0 Å². The van der Waals surface area contributed by atoms with Crippen molar-refractivity contribution < 1.29 is 29.3 Å². The van der Waals surface area contributed by atoms with Gasteiger partial charge in [0.15, 0.2) is 0 Å². The number of hydrogen-bond donors (Lipinski definition) is 2. The number of hydrogen-bond acceptors (Lipinski definition) is 5. The second-order valence-electron chi connectivity index (χ2n) is 8.73. The summed E-state index contributed by atoms with van der Waals surface area (Å²) in [5, 5.41) is 22.4. The van der Waals surface area contributed by atoms with E-state index in [2.05, 4.69) is 0 Å². The first-order valence-electron chi connectivity index (χ1n) is 11.6. The third kappa shape index (κ3) is 4.31. The number of carbonyl (C=O) groups excluding carboxylic acids is 2. The van der Waals surface area contributed by atoms with E-state index in [4.69, 9.17) is 4.74 Å². The number of carboxylic acid groups (broad SMARTS) is 1. The predicted molar refractivity (Wildman–Crippen MR) is 138 cm³/mol. The van der Waals surface area contributed by atoms with Crippen molar-refractivity contribution in [1.82, 2.24) is 4.90 Å². The van der Waals surface area contributed by atoms with Gasteiger partial charge in [-0.25, -0.2) is 4.79 Å². The molecule has 1 amide bonds. The van der Waals surface area contributed by atoms with Crippen LogP contribution in [0.3, 0.4) is 0 Å². The van der Waals surface area contributed by atoms with Gasteiger partial charge in [-0.05, 0) is 46.2 Å². The van der Waals surface area contributed by atoms with Gasteiger partial charge in [-0.3, -0.25) is 9.59 Å². The number of rotatable bonds is 6. The molecule has 5 rings (SSSR count). The van der Waals surface area contributed by atoms with E-state index >= 15 is 0 Å². The van der Waals surface area contributed by atoms with Crippen LogP contribution in [0, 0.1) is 0 Å². The Hall–Kier alpha value is -4.91. The molecule has 1 aliphatic heterocycles. The van der Waals surface area contributed by atoms with Gasteiger partial charge in [0.1, 0.15) is 11.5 Å². The molecule has 1 heterocycles. The molecule has 184 valence electrons. The Balaban J connectivity index is 1.67. The molecule has 0 bridgehead atoms. The summed E-state index contributed by atoms with van der Waals surface area (Å²) in [6.45, 7) is 0.0403. The second-order valence-corrected chi connectivity index (χ2v) is 8.73. The maximum Gasteiger partial charge on any atom is 0.335 e. The number of fused-ring (bicyclic) bond motifs is 1. The first kappa shape index (κ1) is 23.8. The van der Waals surface area contributed by atoms with Crippen LogP contribution in [0.25, 0.3) is 16.5 Å². The van der Waals surface area contributed by atoms with Crippen molar-refractivity contribution in [2.75, 3.05) is 7.11 Å². The van der Waals surface area contributed by atoms with Gasteiger partial charge in [-0.15, -0.1) is 0 Å². The Morgan fingerprint density at radius 2 is 1.59 bits per heavy atom. The summed E-state index contributed by atoms with van der Waals surface area (Å²) in [4.78, 5) is 39.4. The fourth-order valence-electron chi connectivity index (χ4n) is 4.73. The molecule has 0 aliphatic carbocycles. The predicted octanol–water partition coefficient (Wildman–Crippen LogP) is 5.17. The molecular formula is C30H23NO6. The number of aliphatic hydroxyl groups is 1. The fraction of sp³-hybridized carbons (Fsp3) is 0.100. The quantitative estimate of drug-likeness (QED) is 0.218. The van der Waals surface area contributed by atoms with E-state index in [1.807, 2.05) is 30.3 Å². The monoisotopic (exact) mass is 493 g/mol. The van der Waals surface area contributed by atoms with E-state index in [1.54, 1.807) is 48.5 Å². The largest absolute Gasteiger partial charge is 0.507 e. The van der Waals surface area contributed by atoms with Crippen LogP contribution in [-0.2, 0) is 16.1 Å². The zero-order chi connectivity index (χ0) is 26.1.